The topological polar surface area (TPSA) is 118 Å². The number of amides is 2. The predicted molar refractivity (Wildman–Crippen MR) is 129 cm³/mol. The zero-order chi connectivity index (χ0) is 27.1. The SMILES string of the molecule is O=C1NNCC(N2Cc3ccccc3C2COc2cncc(C(=O)N3CCn4ncnc4C3)c2)C1C(F)(F)F. The number of nitrogens with one attached hydrogen (secondary N) is 2. The van der Waals surface area contributed by atoms with E-state index >= 15 is 0 Å². The van der Waals surface area contributed by atoms with Gasteiger partial charge in [0.15, 0.2) is 5.92 Å². The second-order valence-electron chi connectivity index (χ2n) is 9.69. The van der Waals surface area contributed by atoms with Crippen LogP contribution in [0.2, 0.25) is 0 Å². The Morgan fingerprint density at radius 2 is 2.00 bits per heavy atom. The minimum absolute atomic E-state index is 0.00581. The summed E-state index contributed by atoms with van der Waals surface area (Å²) in [4.78, 5) is 37.0. The van der Waals surface area contributed by atoms with Gasteiger partial charge in [0.1, 0.15) is 24.5 Å². The Kier molecular flexibility index (Phi) is 6.43. The molecule has 2 amide bonds. The maximum atomic E-state index is 13.9. The van der Waals surface area contributed by atoms with Crippen molar-refractivity contribution in [3.05, 3.63) is 71.6 Å². The van der Waals surface area contributed by atoms with Crippen LogP contribution < -0.4 is 15.6 Å². The molecule has 0 spiro atoms. The van der Waals surface area contributed by atoms with E-state index in [1.54, 1.807) is 20.5 Å². The largest absolute Gasteiger partial charge is 0.490 e. The molecule has 11 nitrogen and oxygen atoms in total. The number of hydrogen-bond acceptors (Lipinski definition) is 8. The van der Waals surface area contributed by atoms with Gasteiger partial charge >= 0.3 is 6.18 Å². The first-order valence-corrected chi connectivity index (χ1v) is 12.5. The molecule has 3 unspecified atom stereocenters. The smallest absolute Gasteiger partial charge is 0.402 e. The van der Waals surface area contributed by atoms with Crippen LogP contribution in [-0.4, -0.2) is 73.3 Å². The highest BCUT2D eigenvalue weighted by Crippen LogP contribution is 2.41. The maximum Gasteiger partial charge on any atom is 0.402 e. The van der Waals surface area contributed by atoms with E-state index in [-0.39, 0.29) is 25.6 Å². The van der Waals surface area contributed by atoms with Gasteiger partial charge in [-0.3, -0.25) is 24.9 Å². The van der Waals surface area contributed by atoms with Gasteiger partial charge < -0.3 is 9.64 Å². The van der Waals surface area contributed by atoms with Crippen molar-refractivity contribution in [3.63, 3.8) is 0 Å². The van der Waals surface area contributed by atoms with Crippen molar-refractivity contribution in [2.45, 2.75) is 37.9 Å². The van der Waals surface area contributed by atoms with Crippen LogP contribution >= 0.6 is 0 Å². The lowest BCUT2D eigenvalue weighted by molar-refractivity contribution is -0.202. The van der Waals surface area contributed by atoms with Gasteiger partial charge in [0.2, 0.25) is 5.91 Å². The van der Waals surface area contributed by atoms with E-state index in [0.717, 1.165) is 11.1 Å². The highest BCUT2D eigenvalue weighted by molar-refractivity contribution is 5.94. The Balaban J connectivity index is 1.21. The summed E-state index contributed by atoms with van der Waals surface area (Å²) in [6, 6.07) is 7.27. The van der Waals surface area contributed by atoms with E-state index in [1.165, 1.54) is 18.7 Å². The van der Waals surface area contributed by atoms with Crippen molar-refractivity contribution in [2.75, 3.05) is 19.7 Å². The van der Waals surface area contributed by atoms with Crippen molar-refractivity contribution in [1.82, 2.24) is 40.4 Å². The number of aromatic nitrogens is 4. The third kappa shape index (κ3) is 4.81. The normalized spacial score (nSPS) is 23.2. The van der Waals surface area contributed by atoms with Crippen LogP contribution in [0.25, 0.3) is 0 Å². The molecule has 2 aromatic heterocycles. The van der Waals surface area contributed by atoms with Crippen molar-refractivity contribution >= 4 is 11.8 Å². The van der Waals surface area contributed by atoms with Crippen LogP contribution in [0.3, 0.4) is 0 Å². The molecule has 3 aromatic rings. The van der Waals surface area contributed by atoms with E-state index in [2.05, 4.69) is 25.9 Å². The zero-order valence-corrected chi connectivity index (χ0v) is 20.6. The Morgan fingerprint density at radius 1 is 1.15 bits per heavy atom. The molecule has 0 bridgehead atoms. The number of nitrogens with zero attached hydrogens (tertiary/aromatic N) is 6. The summed E-state index contributed by atoms with van der Waals surface area (Å²) < 4.78 is 49.6. The Bertz CT molecular complexity index is 1400. The van der Waals surface area contributed by atoms with Gasteiger partial charge in [0.25, 0.3) is 5.91 Å². The first-order chi connectivity index (χ1) is 18.8. The molecule has 1 aromatic carbocycles. The summed E-state index contributed by atoms with van der Waals surface area (Å²) >= 11 is 0. The van der Waals surface area contributed by atoms with Crippen LogP contribution in [0.15, 0.2) is 49.1 Å². The van der Waals surface area contributed by atoms with E-state index in [0.29, 0.717) is 36.8 Å². The lowest BCUT2D eigenvalue weighted by Gasteiger charge is -2.40. The van der Waals surface area contributed by atoms with Crippen molar-refractivity contribution in [1.29, 1.82) is 0 Å². The second kappa shape index (κ2) is 9.93. The number of ether oxygens (including phenoxy) is 1. The third-order valence-corrected chi connectivity index (χ3v) is 7.40. The number of alkyl halides is 3. The number of hydrazine groups is 1. The van der Waals surface area contributed by atoms with Gasteiger partial charge in [-0.15, -0.1) is 0 Å². The highest BCUT2D eigenvalue weighted by Gasteiger charge is 2.55. The summed E-state index contributed by atoms with van der Waals surface area (Å²) in [5, 5.41) is 4.12. The van der Waals surface area contributed by atoms with Crippen LogP contribution in [-0.2, 0) is 24.4 Å². The standard InChI is InChI=1S/C25H25F3N8O3/c26-25(27,28)22-19(10-31-33-23(22)37)35-11-15-3-1-2-4-18(15)20(35)13-39-17-7-16(8-29-9-17)24(38)34-5-6-36-21(12-34)30-14-32-36/h1-4,7-9,14,19-20,22,31H,5-6,10-13H2,(H,33,37). The number of fused-ring (bicyclic) bond motifs is 2. The molecule has 6 rings (SSSR count). The van der Waals surface area contributed by atoms with E-state index in [1.807, 2.05) is 24.3 Å². The van der Waals surface area contributed by atoms with Crippen LogP contribution in [0.1, 0.15) is 33.4 Å². The number of benzene rings is 1. The summed E-state index contributed by atoms with van der Waals surface area (Å²) in [5.74, 6) is -2.52. The Hall–Kier alpha value is -4.04. The molecule has 204 valence electrons. The molecule has 0 saturated carbocycles. The maximum absolute atomic E-state index is 13.9. The molecule has 0 aliphatic carbocycles. The van der Waals surface area contributed by atoms with Crippen molar-refractivity contribution in [2.24, 2.45) is 5.92 Å². The van der Waals surface area contributed by atoms with Crippen LogP contribution in [0, 0.1) is 5.92 Å². The Morgan fingerprint density at radius 3 is 2.85 bits per heavy atom. The summed E-state index contributed by atoms with van der Waals surface area (Å²) in [6.07, 6.45) is -0.345. The molecular formula is C25H25F3N8O3. The fraction of sp³-hybridized carbons (Fsp3) is 0.400. The Labute approximate surface area is 220 Å². The van der Waals surface area contributed by atoms with Gasteiger partial charge in [-0.2, -0.15) is 18.3 Å². The number of pyridine rings is 1. The van der Waals surface area contributed by atoms with Gasteiger partial charge in [-0.05, 0) is 17.2 Å². The third-order valence-electron chi connectivity index (χ3n) is 7.40. The molecule has 3 atom stereocenters. The molecule has 5 heterocycles. The molecule has 1 fully saturated rings. The lowest BCUT2D eigenvalue weighted by atomic mass is 9.94. The molecule has 39 heavy (non-hydrogen) atoms. The summed E-state index contributed by atoms with van der Waals surface area (Å²) in [5.41, 5.74) is 6.75. The highest BCUT2D eigenvalue weighted by atomic mass is 19.4. The minimum Gasteiger partial charge on any atom is -0.490 e. The second-order valence-corrected chi connectivity index (χ2v) is 9.69. The molecule has 0 radical (unpaired) electrons. The average Bonchev–Trinajstić information content (AvgIpc) is 3.55. The van der Waals surface area contributed by atoms with Crippen molar-refractivity contribution in [3.8, 4) is 5.75 Å². The fourth-order valence-corrected chi connectivity index (χ4v) is 5.52. The molecule has 3 aliphatic heterocycles. The first-order valence-electron chi connectivity index (χ1n) is 12.5. The van der Waals surface area contributed by atoms with E-state index in [9.17, 15) is 22.8 Å². The number of hydrogen-bond donors (Lipinski definition) is 2. The van der Waals surface area contributed by atoms with Gasteiger partial charge in [0, 0.05) is 31.9 Å². The molecular weight excluding hydrogens is 517 g/mol. The van der Waals surface area contributed by atoms with Gasteiger partial charge in [-0.1, -0.05) is 24.3 Å². The van der Waals surface area contributed by atoms with E-state index in [4.69, 9.17) is 4.74 Å². The number of carbonyl (C=O) groups excluding carboxylic acids is 2. The summed E-state index contributed by atoms with van der Waals surface area (Å²) in [7, 11) is 0. The quantitative estimate of drug-likeness (QED) is 0.498. The van der Waals surface area contributed by atoms with Gasteiger partial charge in [0.05, 0.1) is 30.9 Å². The zero-order valence-electron chi connectivity index (χ0n) is 20.6. The first kappa shape index (κ1) is 25.2. The van der Waals surface area contributed by atoms with E-state index < -0.39 is 30.1 Å². The monoisotopic (exact) mass is 542 g/mol. The number of rotatable bonds is 5. The minimum atomic E-state index is -4.71. The summed E-state index contributed by atoms with van der Waals surface area (Å²) in [6.45, 7) is 1.50. The number of carbonyl (C=O) groups is 2. The average molecular weight is 543 g/mol. The van der Waals surface area contributed by atoms with Gasteiger partial charge in [-0.25, -0.2) is 15.1 Å². The lowest BCUT2D eigenvalue weighted by Crippen LogP contribution is -2.64. The molecule has 2 N–H and O–H groups in total. The van der Waals surface area contributed by atoms with Crippen molar-refractivity contribution < 1.29 is 27.5 Å². The van der Waals surface area contributed by atoms with Crippen LogP contribution in [0.5, 0.6) is 5.75 Å². The number of halogens is 3. The molecule has 1 saturated heterocycles. The predicted octanol–water partition coefficient (Wildman–Crippen LogP) is 1.45. The molecule has 14 heteroatoms. The fourth-order valence-electron chi connectivity index (χ4n) is 5.52. The van der Waals surface area contributed by atoms with Crippen LogP contribution in [0.4, 0.5) is 13.2 Å². The molecule has 3 aliphatic rings.